The van der Waals surface area contributed by atoms with Crippen LogP contribution in [-0.2, 0) is 32.0 Å². The first-order valence-electron chi connectivity index (χ1n) is 13.1. The number of ether oxygens (including phenoxy) is 2. The maximum Gasteiger partial charge on any atom is 0.231 e. The second-order valence-electron chi connectivity index (χ2n) is 11.0. The molecule has 4 heterocycles. The van der Waals surface area contributed by atoms with Crippen molar-refractivity contribution in [3.05, 3.63) is 29.1 Å². The van der Waals surface area contributed by atoms with E-state index in [1.807, 2.05) is 18.0 Å². The predicted octanol–water partition coefficient (Wildman–Crippen LogP) is 2.98. The second kappa shape index (κ2) is 9.57. The zero-order valence-corrected chi connectivity index (χ0v) is 20.9. The molecule has 1 aliphatic carbocycles. The molecule has 0 N–H and O–H groups in total. The van der Waals surface area contributed by atoms with Crippen LogP contribution in [0.15, 0.2) is 12.3 Å². The van der Waals surface area contributed by atoms with E-state index < -0.39 is 5.41 Å². The van der Waals surface area contributed by atoms with Gasteiger partial charge in [-0.25, -0.2) is 0 Å². The third-order valence-corrected chi connectivity index (χ3v) is 8.89. The van der Waals surface area contributed by atoms with Crippen LogP contribution >= 0.6 is 0 Å². The number of methoxy groups -OCH3 is 1. The Bertz CT molecular complexity index is 936. The van der Waals surface area contributed by atoms with Gasteiger partial charge in [-0.1, -0.05) is 13.0 Å². The molecule has 3 fully saturated rings. The van der Waals surface area contributed by atoms with Gasteiger partial charge in [-0.05, 0) is 61.5 Å². The Hall–Kier alpha value is -1.99. The van der Waals surface area contributed by atoms with Crippen LogP contribution in [0.4, 0.5) is 0 Å². The first-order chi connectivity index (χ1) is 16.4. The second-order valence-corrected chi connectivity index (χ2v) is 11.0. The van der Waals surface area contributed by atoms with Crippen LogP contribution in [0.2, 0.25) is 0 Å². The smallest absolute Gasteiger partial charge is 0.231 e. The summed E-state index contributed by atoms with van der Waals surface area (Å²) in [5.74, 6) is 1.66. The van der Waals surface area contributed by atoms with Gasteiger partial charge in [-0.2, -0.15) is 0 Å². The summed E-state index contributed by atoms with van der Waals surface area (Å²) in [6.07, 6.45) is 7.39. The number of hydrogen-bond acceptors (Lipinski definition) is 5. The van der Waals surface area contributed by atoms with Gasteiger partial charge in [0.2, 0.25) is 11.8 Å². The van der Waals surface area contributed by atoms with Gasteiger partial charge in [0.05, 0.1) is 18.1 Å². The molecule has 0 bridgehead atoms. The van der Waals surface area contributed by atoms with E-state index in [0.717, 1.165) is 56.5 Å². The highest BCUT2D eigenvalue weighted by molar-refractivity contribution is 5.86. The molecule has 1 saturated carbocycles. The average molecular weight is 470 g/mol. The fourth-order valence-corrected chi connectivity index (χ4v) is 7.18. The van der Waals surface area contributed by atoms with Crippen LogP contribution in [-0.4, -0.2) is 72.7 Å². The molecule has 5 rings (SSSR count). The molecule has 7 heteroatoms. The van der Waals surface area contributed by atoms with Crippen LogP contribution in [0.5, 0.6) is 0 Å². The van der Waals surface area contributed by atoms with E-state index in [0.29, 0.717) is 44.5 Å². The Morgan fingerprint density at radius 2 is 2.18 bits per heavy atom. The molecule has 0 radical (unpaired) electrons. The molecule has 2 unspecified atom stereocenters. The molecule has 0 aromatic carbocycles. The molecular formula is C27H39N3O4. The molecule has 186 valence electrons. The number of likely N-dealkylation sites (tertiary alicyclic amines) is 1. The monoisotopic (exact) mass is 469 g/mol. The van der Waals surface area contributed by atoms with Crippen molar-refractivity contribution in [1.82, 2.24) is 14.8 Å². The van der Waals surface area contributed by atoms with Crippen LogP contribution in [0, 0.1) is 30.1 Å². The molecule has 34 heavy (non-hydrogen) atoms. The fraction of sp³-hybridized carbons (Fsp3) is 0.741. The van der Waals surface area contributed by atoms with Crippen molar-refractivity contribution in [3.63, 3.8) is 0 Å². The largest absolute Gasteiger partial charge is 0.379 e. The average Bonchev–Trinajstić information content (AvgIpc) is 3.37. The molecule has 1 aromatic heterocycles. The van der Waals surface area contributed by atoms with Gasteiger partial charge in [0.25, 0.3) is 0 Å². The highest BCUT2D eigenvalue weighted by Gasteiger charge is 2.59. The molecule has 4 aliphatic rings. The van der Waals surface area contributed by atoms with Crippen LogP contribution < -0.4 is 0 Å². The molecular weight excluding hydrogens is 430 g/mol. The van der Waals surface area contributed by atoms with Gasteiger partial charge in [0.1, 0.15) is 0 Å². The van der Waals surface area contributed by atoms with Gasteiger partial charge in [0, 0.05) is 64.6 Å². The number of fused-ring (bicyclic) bond motifs is 2. The van der Waals surface area contributed by atoms with Crippen LogP contribution in [0.1, 0.15) is 55.8 Å². The van der Waals surface area contributed by atoms with Crippen molar-refractivity contribution in [3.8, 4) is 0 Å². The van der Waals surface area contributed by atoms with E-state index in [-0.39, 0.29) is 23.8 Å². The predicted molar refractivity (Wildman–Crippen MR) is 128 cm³/mol. The number of carbonyl (C=O) groups is 2. The number of amides is 2. The molecule has 5 atom stereocenters. The molecule has 1 aromatic rings. The summed E-state index contributed by atoms with van der Waals surface area (Å²) in [7, 11) is 1.78. The summed E-state index contributed by atoms with van der Waals surface area (Å²) in [5.41, 5.74) is 2.98. The Kier molecular flexibility index (Phi) is 6.68. The minimum absolute atomic E-state index is 0.147. The van der Waals surface area contributed by atoms with Crippen LogP contribution in [0.25, 0.3) is 0 Å². The van der Waals surface area contributed by atoms with Gasteiger partial charge >= 0.3 is 0 Å². The van der Waals surface area contributed by atoms with Crippen molar-refractivity contribution < 1.29 is 19.1 Å². The van der Waals surface area contributed by atoms with E-state index in [1.54, 1.807) is 7.11 Å². The number of rotatable bonds is 5. The zero-order valence-electron chi connectivity index (χ0n) is 20.9. The zero-order chi connectivity index (χ0) is 23.9. The minimum Gasteiger partial charge on any atom is -0.379 e. The van der Waals surface area contributed by atoms with Crippen molar-refractivity contribution in [1.29, 1.82) is 0 Å². The van der Waals surface area contributed by atoms with Gasteiger partial charge in [0.15, 0.2) is 0 Å². The lowest BCUT2D eigenvalue weighted by molar-refractivity contribution is -0.144. The maximum atomic E-state index is 14.2. The topological polar surface area (TPSA) is 72.0 Å². The van der Waals surface area contributed by atoms with E-state index in [1.165, 1.54) is 5.56 Å². The minimum atomic E-state index is -0.446. The lowest BCUT2D eigenvalue weighted by Crippen LogP contribution is -2.49. The lowest BCUT2D eigenvalue weighted by atomic mass is 9.78. The molecule has 0 spiro atoms. The number of carbonyl (C=O) groups excluding carboxylic acids is 2. The van der Waals surface area contributed by atoms with Crippen LogP contribution in [0.3, 0.4) is 0 Å². The molecule has 2 amide bonds. The highest BCUT2D eigenvalue weighted by atomic mass is 16.5. The summed E-state index contributed by atoms with van der Waals surface area (Å²) >= 11 is 0. The van der Waals surface area contributed by atoms with Gasteiger partial charge in [-0.3, -0.25) is 14.6 Å². The number of pyridine rings is 1. The van der Waals surface area contributed by atoms with Crippen molar-refractivity contribution in [2.24, 2.45) is 23.2 Å². The standard InChI is InChI=1S/C27H39N3O4/c1-4-25(31)30-15-22-11-19(10-20-6-8-34-16-24(20)33-3)12-27(22,17-30)26(32)29-7-5-23-21(14-29)9-18(2)13-28-23/h9,13,19-20,22,24H,4-8,10-12,14-17H2,1-3H3/t19-,20?,22+,24?,27+/m1/s1. The maximum absolute atomic E-state index is 14.2. The van der Waals surface area contributed by atoms with Crippen molar-refractivity contribution in [2.45, 2.75) is 65.0 Å². The SMILES string of the molecule is CCC(=O)N1C[C@@H]2C[C@@H](CC3CCOCC3OC)C[C@]2(C(=O)N2CCc3ncc(C)cc3C2)C1. The van der Waals surface area contributed by atoms with Crippen molar-refractivity contribution >= 4 is 11.8 Å². The van der Waals surface area contributed by atoms with Gasteiger partial charge in [-0.15, -0.1) is 0 Å². The highest BCUT2D eigenvalue weighted by Crippen LogP contribution is 2.54. The lowest BCUT2D eigenvalue weighted by Gasteiger charge is -2.37. The fourth-order valence-electron chi connectivity index (χ4n) is 7.18. The molecule has 2 saturated heterocycles. The number of aryl methyl sites for hydroxylation is 1. The van der Waals surface area contributed by atoms with Gasteiger partial charge < -0.3 is 19.3 Å². The summed E-state index contributed by atoms with van der Waals surface area (Å²) in [5, 5.41) is 0. The summed E-state index contributed by atoms with van der Waals surface area (Å²) in [6, 6.07) is 2.17. The van der Waals surface area contributed by atoms with E-state index in [2.05, 4.69) is 22.9 Å². The van der Waals surface area contributed by atoms with Crippen molar-refractivity contribution in [2.75, 3.05) is 40.0 Å². The number of hydrogen-bond donors (Lipinski definition) is 0. The quantitative estimate of drug-likeness (QED) is 0.663. The number of nitrogens with zero attached hydrogens (tertiary/aromatic N) is 3. The summed E-state index contributed by atoms with van der Waals surface area (Å²) in [4.78, 5) is 35.5. The van der Waals surface area contributed by atoms with E-state index in [4.69, 9.17) is 9.47 Å². The van der Waals surface area contributed by atoms with E-state index >= 15 is 0 Å². The summed E-state index contributed by atoms with van der Waals surface area (Å²) in [6.45, 7) is 8.09. The Balaban J connectivity index is 1.36. The first-order valence-corrected chi connectivity index (χ1v) is 13.1. The third-order valence-electron chi connectivity index (χ3n) is 8.89. The molecule has 7 nitrogen and oxygen atoms in total. The summed E-state index contributed by atoms with van der Waals surface area (Å²) < 4.78 is 11.4. The Labute approximate surface area is 203 Å². The first kappa shape index (κ1) is 23.7. The normalized spacial score (nSPS) is 33.0. The molecule has 3 aliphatic heterocycles. The number of aromatic nitrogens is 1. The Morgan fingerprint density at radius 3 is 2.97 bits per heavy atom. The third kappa shape index (κ3) is 4.26. The Morgan fingerprint density at radius 1 is 1.32 bits per heavy atom. The van der Waals surface area contributed by atoms with E-state index in [9.17, 15) is 9.59 Å².